The van der Waals surface area contributed by atoms with Gasteiger partial charge in [0.05, 0.1) is 0 Å². The van der Waals surface area contributed by atoms with Crippen LogP contribution in [-0.2, 0) is 6.54 Å². The van der Waals surface area contributed by atoms with Gasteiger partial charge in [0.1, 0.15) is 0 Å². The molecule has 1 aliphatic heterocycles. The molecule has 0 bridgehead atoms. The van der Waals surface area contributed by atoms with Crippen molar-refractivity contribution in [1.82, 2.24) is 4.90 Å². The van der Waals surface area contributed by atoms with Crippen LogP contribution in [0.3, 0.4) is 0 Å². The molecular formula is C14H20ClN. The third kappa shape index (κ3) is 2.78. The Morgan fingerprint density at radius 1 is 1.38 bits per heavy atom. The van der Waals surface area contributed by atoms with E-state index in [2.05, 4.69) is 30.9 Å². The molecule has 1 heterocycles. The molecule has 1 fully saturated rings. The van der Waals surface area contributed by atoms with Crippen LogP contribution in [0.25, 0.3) is 0 Å². The topological polar surface area (TPSA) is 3.24 Å². The first-order valence-electron chi connectivity index (χ1n) is 6.12. The lowest BCUT2D eigenvalue weighted by Crippen LogP contribution is -2.21. The van der Waals surface area contributed by atoms with Crippen LogP contribution in [0, 0.1) is 11.8 Å². The monoisotopic (exact) mass is 237 g/mol. The van der Waals surface area contributed by atoms with Crippen molar-refractivity contribution in [1.29, 1.82) is 0 Å². The predicted octanol–water partition coefficient (Wildman–Crippen LogP) is 3.82. The molecule has 0 N–H and O–H groups in total. The van der Waals surface area contributed by atoms with Crippen molar-refractivity contribution in [2.45, 2.75) is 26.8 Å². The highest BCUT2D eigenvalue weighted by Gasteiger charge is 2.24. The molecule has 88 valence electrons. The molecule has 1 unspecified atom stereocenters. The summed E-state index contributed by atoms with van der Waals surface area (Å²) in [5.74, 6) is 1.67. The number of likely N-dealkylation sites (tertiary alicyclic amines) is 1. The van der Waals surface area contributed by atoms with E-state index in [1.807, 2.05) is 12.1 Å². The van der Waals surface area contributed by atoms with E-state index in [0.29, 0.717) is 0 Å². The minimum absolute atomic E-state index is 0.802. The van der Waals surface area contributed by atoms with Crippen LogP contribution in [0.1, 0.15) is 25.8 Å². The summed E-state index contributed by atoms with van der Waals surface area (Å²) < 4.78 is 0. The van der Waals surface area contributed by atoms with Crippen LogP contribution in [0.5, 0.6) is 0 Å². The standard InChI is InChI=1S/C14H20ClN/c1-11(2)12-7-8-16(9-12)10-13-5-3-4-6-14(13)15/h3-6,11-12H,7-10H2,1-2H3. The minimum Gasteiger partial charge on any atom is -0.299 e. The van der Waals surface area contributed by atoms with Gasteiger partial charge in [0.15, 0.2) is 0 Å². The van der Waals surface area contributed by atoms with Crippen LogP contribution >= 0.6 is 11.6 Å². The molecule has 0 saturated carbocycles. The quantitative estimate of drug-likeness (QED) is 0.773. The lowest BCUT2D eigenvalue weighted by Gasteiger charge is -2.18. The molecule has 0 radical (unpaired) electrons. The summed E-state index contributed by atoms with van der Waals surface area (Å²) in [6.07, 6.45) is 1.34. The van der Waals surface area contributed by atoms with Gasteiger partial charge in [-0.05, 0) is 36.4 Å². The van der Waals surface area contributed by atoms with E-state index in [0.717, 1.165) is 23.4 Å². The fourth-order valence-corrected chi connectivity index (χ4v) is 2.61. The Bertz CT molecular complexity index is 348. The Morgan fingerprint density at radius 3 is 2.75 bits per heavy atom. The first-order chi connectivity index (χ1) is 7.66. The summed E-state index contributed by atoms with van der Waals surface area (Å²) in [5, 5.41) is 0.899. The molecule has 2 rings (SSSR count). The summed E-state index contributed by atoms with van der Waals surface area (Å²) in [6.45, 7) is 8.09. The van der Waals surface area contributed by atoms with E-state index in [1.165, 1.54) is 25.1 Å². The Kier molecular flexibility index (Phi) is 3.88. The number of halogens is 1. The molecule has 0 aliphatic carbocycles. The van der Waals surface area contributed by atoms with Gasteiger partial charge in [-0.3, -0.25) is 4.90 Å². The normalized spacial score (nSPS) is 21.9. The molecule has 1 atom stereocenters. The van der Waals surface area contributed by atoms with E-state index in [9.17, 15) is 0 Å². The molecule has 1 nitrogen and oxygen atoms in total. The molecule has 1 aromatic carbocycles. The zero-order valence-electron chi connectivity index (χ0n) is 10.1. The third-order valence-electron chi connectivity index (χ3n) is 3.60. The van der Waals surface area contributed by atoms with Crippen LogP contribution in [0.4, 0.5) is 0 Å². The van der Waals surface area contributed by atoms with Crippen molar-refractivity contribution >= 4 is 11.6 Å². The lowest BCUT2D eigenvalue weighted by molar-refractivity contribution is 0.297. The van der Waals surface area contributed by atoms with E-state index in [4.69, 9.17) is 11.6 Å². The number of hydrogen-bond donors (Lipinski definition) is 0. The van der Waals surface area contributed by atoms with Gasteiger partial charge < -0.3 is 0 Å². The molecule has 16 heavy (non-hydrogen) atoms. The highest BCUT2D eigenvalue weighted by atomic mass is 35.5. The number of rotatable bonds is 3. The summed E-state index contributed by atoms with van der Waals surface area (Å²) >= 11 is 6.17. The minimum atomic E-state index is 0.802. The second kappa shape index (κ2) is 5.20. The van der Waals surface area contributed by atoms with E-state index < -0.39 is 0 Å². The van der Waals surface area contributed by atoms with Crippen LogP contribution in [-0.4, -0.2) is 18.0 Å². The van der Waals surface area contributed by atoms with Gasteiger partial charge in [-0.25, -0.2) is 0 Å². The fraction of sp³-hybridized carbons (Fsp3) is 0.571. The van der Waals surface area contributed by atoms with Gasteiger partial charge >= 0.3 is 0 Å². The average molecular weight is 238 g/mol. The van der Waals surface area contributed by atoms with Crippen LogP contribution in [0.2, 0.25) is 5.02 Å². The maximum absolute atomic E-state index is 6.17. The zero-order chi connectivity index (χ0) is 11.5. The molecule has 1 aromatic rings. The van der Waals surface area contributed by atoms with Gasteiger partial charge in [-0.15, -0.1) is 0 Å². The average Bonchev–Trinajstić information content (AvgIpc) is 2.70. The van der Waals surface area contributed by atoms with Gasteiger partial charge in [-0.2, -0.15) is 0 Å². The molecular weight excluding hydrogens is 218 g/mol. The van der Waals surface area contributed by atoms with Crippen LogP contribution < -0.4 is 0 Å². The van der Waals surface area contributed by atoms with Crippen LogP contribution in [0.15, 0.2) is 24.3 Å². The molecule has 2 heteroatoms. The van der Waals surface area contributed by atoms with E-state index in [-0.39, 0.29) is 0 Å². The maximum atomic E-state index is 6.17. The molecule has 1 aliphatic rings. The van der Waals surface area contributed by atoms with Crippen molar-refractivity contribution in [2.24, 2.45) is 11.8 Å². The SMILES string of the molecule is CC(C)C1CCN(Cc2ccccc2Cl)C1. The van der Waals surface area contributed by atoms with Crippen molar-refractivity contribution in [2.75, 3.05) is 13.1 Å². The summed E-state index contributed by atoms with van der Waals surface area (Å²) in [7, 11) is 0. The van der Waals surface area contributed by atoms with Gasteiger partial charge in [-0.1, -0.05) is 43.6 Å². The summed E-state index contributed by atoms with van der Waals surface area (Å²) in [5.41, 5.74) is 1.26. The molecule has 0 aromatic heterocycles. The van der Waals surface area contributed by atoms with Crippen molar-refractivity contribution in [3.05, 3.63) is 34.9 Å². The van der Waals surface area contributed by atoms with Crippen molar-refractivity contribution in [3.63, 3.8) is 0 Å². The largest absolute Gasteiger partial charge is 0.299 e. The highest BCUT2D eigenvalue weighted by molar-refractivity contribution is 6.31. The molecule has 0 spiro atoms. The number of nitrogens with zero attached hydrogens (tertiary/aromatic N) is 1. The Hall–Kier alpha value is -0.530. The Morgan fingerprint density at radius 2 is 2.12 bits per heavy atom. The first kappa shape index (κ1) is 11.9. The van der Waals surface area contributed by atoms with E-state index >= 15 is 0 Å². The third-order valence-corrected chi connectivity index (χ3v) is 3.97. The Labute approximate surface area is 103 Å². The second-order valence-corrected chi connectivity index (χ2v) is 5.53. The van der Waals surface area contributed by atoms with Gasteiger partial charge in [0.2, 0.25) is 0 Å². The highest BCUT2D eigenvalue weighted by Crippen LogP contribution is 2.26. The lowest BCUT2D eigenvalue weighted by atomic mass is 9.95. The predicted molar refractivity (Wildman–Crippen MR) is 69.7 cm³/mol. The fourth-order valence-electron chi connectivity index (χ4n) is 2.42. The zero-order valence-corrected chi connectivity index (χ0v) is 10.9. The second-order valence-electron chi connectivity index (χ2n) is 5.12. The smallest absolute Gasteiger partial charge is 0.0451 e. The van der Waals surface area contributed by atoms with Crippen molar-refractivity contribution in [3.8, 4) is 0 Å². The maximum Gasteiger partial charge on any atom is 0.0451 e. The number of hydrogen-bond acceptors (Lipinski definition) is 1. The first-order valence-corrected chi connectivity index (χ1v) is 6.50. The summed E-state index contributed by atoms with van der Waals surface area (Å²) in [6, 6.07) is 8.17. The van der Waals surface area contributed by atoms with E-state index in [1.54, 1.807) is 0 Å². The molecule has 1 saturated heterocycles. The van der Waals surface area contributed by atoms with Gasteiger partial charge in [0, 0.05) is 18.1 Å². The molecule has 0 amide bonds. The van der Waals surface area contributed by atoms with Gasteiger partial charge in [0.25, 0.3) is 0 Å². The Balaban J connectivity index is 1.95. The van der Waals surface area contributed by atoms with Crippen molar-refractivity contribution < 1.29 is 0 Å². The number of benzene rings is 1. The summed E-state index contributed by atoms with van der Waals surface area (Å²) in [4.78, 5) is 2.52.